The molecule has 1 aromatic rings. The highest BCUT2D eigenvalue weighted by Crippen LogP contribution is 2.15. The molecule has 0 fully saturated rings. The number of hydrogen-bond acceptors (Lipinski definition) is 3. The smallest absolute Gasteiger partial charge is 0.0814 e. The Morgan fingerprint density at radius 2 is 2.06 bits per heavy atom. The molecule has 2 rings (SSSR count). The third-order valence-corrected chi connectivity index (χ3v) is 2.63. The Kier molecular flexibility index (Phi) is 6.64. The molecule has 1 N–H and O–H groups in total. The second-order valence-corrected chi connectivity index (χ2v) is 4.79. The second kappa shape index (κ2) is 8.02. The van der Waals surface area contributed by atoms with E-state index in [0.29, 0.717) is 0 Å². The summed E-state index contributed by atoms with van der Waals surface area (Å²) in [6.45, 7) is 4.54. The summed E-state index contributed by atoms with van der Waals surface area (Å²) in [6, 6.07) is 10.7. The van der Waals surface area contributed by atoms with Gasteiger partial charge in [0, 0.05) is 13.1 Å². The number of allylic oxidation sites excluding steroid dienone is 1. The molecule has 1 aliphatic heterocycles. The summed E-state index contributed by atoms with van der Waals surface area (Å²) >= 11 is -2.86. The molecule has 2 atom stereocenters. The monoisotopic (exact) mass is 268 g/mol. The minimum atomic E-state index is -2.86. The molecule has 2 unspecified atom stereocenters. The molecule has 0 amide bonds. The molecule has 0 bridgehead atoms. The van der Waals surface area contributed by atoms with Crippen molar-refractivity contribution in [1.82, 2.24) is 4.90 Å². The van der Waals surface area contributed by atoms with Gasteiger partial charge in [0.25, 0.3) is 0 Å². The van der Waals surface area contributed by atoms with Crippen molar-refractivity contribution in [2.45, 2.75) is 19.9 Å². The first kappa shape index (κ1) is 14.9. The molecule has 0 radical (unpaired) electrons. The van der Waals surface area contributed by atoms with Crippen molar-refractivity contribution in [3.05, 3.63) is 48.2 Å². The fourth-order valence-corrected chi connectivity index (χ4v) is 1.91. The summed E-state index contributed by atoms with van der Waals surface area (Å²) in [7, 11) is 0. The maximum absolute atomic E-state index is 8.56. The van der Waals surface area contributed by atoms with Crippen LogP contribution in [-0.4, -0.2) is 24.8 Å². The third-order valence-electron chi connectivity index (χ3n) is 2.63. The van der Waals surface area contributed by atoms with Crippen LogP contribution < -0.4 is 0 Å². The van der Waals surface area contributed by atoms with E-state index in [0.717, 1.165) is 12.5 Å². The van der Waals surface area contributed by atoms with Crippen LogP contribution in [0.5, 0.6) is 0 Å². The van der Waals surface area contributed by atoms with E-state index < -0.39 is 11.4 Å². The predicted octanol–water partition coefficient (Wildman–Crippen LogP) is 2.38. The maximum Gasteiger partial charge on any atom is 0.0814 e. The highest BCUT2D eigenvalue weighted by atomic mass is 32.2. The average molecular weight is 268 g/mol. The van der Waals surface area contributed by atoms with E-state index in [-0.39, 0.29) is 0 Å². The quantitative estimate of drug-likeness (QED) is 0.836. The van der Waals surface area contributed by atoms with Crippen molar-refractivity contribution >= 4 is 11.4 Å². The van der Waals surface area contributed by atoms with Gasteiger partial charge in [-0.3, -0.25) is 0 Å². The van der Waals surface area contributed by atoms with Gasteiger partial charge in [-0.15, -0.1) is 0 Å². The van der Waals surface area contributed by atoms with Crippen molar-refractivity contribution in [2.75, 3.05) is 6.54 Å². The fraction of sp³-hybridized carbons (Fsp3) is 0.385. The van der Waals surface area contributed by atoms with E-state index in [1.165, 1.54) is 18.5 Å². The number of nitrogens with zero attached hydrogens (tertiary/aromatic N) is 1. The lowest BCUT2D eigenvalue weighted by Crippen LogP contribution is -2.25. The summed E-state index contributed by atoms with van der Waals surface area (Å²) in [5, 5.41) is 0. The van der Waals surface area contributed by atoms with Crippen LogP contribution in [0.4, 0.5) is 0 Å². The predicted molar refractivity (Wildman–Crippen MR) is 71.3 cm³/mol. The summed E-state index contributed by atoms with van der Waals surface area (Å²) < 4.78 is 24.1. The molecular weight excluding hydrogens is 250 g/mol. The van der Waals surface area contributed by atoms with Crippen LogP contribution >= 0.6 is 0 Å². The zero-order valence-corrected chi connectivity index (χ0v) is 11.2. The average Bonchev–Trinajstić information content (AvgIpc) is 2.29. The molecule has 0 saturated carbocycles. The fourth-order valence-electron chi connectivity index (χ4n) is 1.91. The SMILES string of the molecule is CC1CC=CN(Cc2ccccc2)C1.O=S([O-])O. The van der Waals surface area contributed by atoms with Crippen LogP contribution in [0.25, 0.3) is 0 Å². The molecule has 100 valence electrons. The Labute approximate surface area is 110 Å². The van der Waals surface area contributed by atoms with Crippen LogP contribution in [0.15, 0.2) is 42.6 Å². The summed E-state index contributed by atoms with van der Waals surface area (Å²) in [4.78, 5) is 2.39. The maximum atomic E-state index is 8.56. The number of benzene rings is 1. The molecule has 1 aliphatic rings. The lowest BCUT2D eigenvalue weighted by atomic mass is 10.0. The van der Waals surface area contributed by atoms with Gasteiger partial charge in [0.1, 0.15) is 0 Å². The van der Waals surface area contributed by atoms with Crippen molar-refractivity contribution in [2.24, 2.45) is 5.92 Å². The van der Waals surface area contributed by atoms with Gasteiger partial charge in [0.05, 0.1) is 11.4 Å². The van der Waals surface area contributed by atoms with Crippen molar-refractivity contribution in [3.8, 4) is 0 Å². The highest BCUT2D eigenvalue weighted by Gasteiger charge is 2.10. The van der Waals surface area contributed by atoms with Gasteiger partial charge in [-0.25, -0.2) is 4.21 Å². The van der Waals surface area contributed by atoms with Crippen LogP contribution in [-0.2, 0) is 17.9 Å². The summed E-state index contributed by atoms with van der Waals surface area (Å²) in [6.07, 6.45) is 5.73. The Morgan fingerprint density at radius 1 is 1.44 bits per heavy atom. The number of rotatable bonds is 2. The Balaban J connectivity index is 0.000000357. The minimum absolute atomic E-state index is 0.795. The Morgan fingerprint density at radius 3 is 2.61 bits per heavy atom. The normalized spacial score (nSPS) is 19.9. The van der Waals surface area contributed by atoms with E-state index in [2.05, 4.69) is 54.4 Å². The van der Waals surface area contributed by atoms with Crippen LogP contribution in [0.1, 0.15) is 18.9 Å². The van der Waals surface area contributed by atoms with Gasteiger partial charge >= 0.3 is 0 Å². The molecule has 5 heteroatoms. The van der Waals surface area contributed by atoms with Crippen LogP contribution in [0, 0.1) is 5.92 Å². The van der Waals surface area contributed by atoms with Crippen LogP contribution in [0.2, 0.25) is 0 Å². The van der Waals surface area contributed by atoms with Gasteiger partial charge in [-0.2, -0.15) is 0 Å². The van der Waals surface area contributed by atoms with Gasteiger partial charge in [0.15, 0.2) is 0 Å². The first-order chi connectivity index (χ1) is 8.58. The van der Waals surface area contributed by atoms with E-state index in [1.807, 2.05) is 0 Å². The second-order valence-electron chi connectivity index (χ2n) is 4.36. The zero-order valence-electron chi connectivity index (χ0n) is 10.4. The first-order valence-corrected chi connectivity index (χ1v) is 6.84. The largest absolute Gasteiger partial charge is 0.750 e. The lowest BCUT2D eigenvalue weighted by molar-refractivity contribution is 0.294. The highest BCUT2D eigenvalue weighted by molar-refractivity contribution is 7.73. The molecule has 18 heavy (non-hydrogen) atoms. The van der Waals surface area contributed by atoms with E-state index in [9.17, 15) is 0 Å². The Hall–Kier alpha value is -1.17. The van der Waals surface area contributed by atoms with Gasteiger partial charge in [-0.1, -0.05) is 43.3 Å². The molecule has 0 aliphatic carbocycles. The standard InChI is InChI=1S/C13H17N.H2O3S/c1-12-6-5-9-14(10-12)11-13-7-3-2-4-8-13;1-4(2)3/h2-5,7-9,12H,6,10-11H2,1H3;(H2,1,2,3)/p-1. The van der Waals surface area contributed by atoms with Crippen LogP contribution in [0.3, 0.4) is 0 Å². The molecule has 0 aromatic heterocycles. The van der Waals surface area contributed by atoms with Gasteiger partial charge < -0.3 is 14.0 Å². The lowest BCUT2D eigenvalue weighted by Gasteiger charge is -2.27. The van der Waals surface area contributed by atoms with Crippen molar-refractivity contribution in [3.63, 3.8) is 0 Å². The first-order valence-electron chi connectivity index (χ1n) is 5.81. The number of hydrogen-bond donors (Lipinski definition) is 1. The molecular formula is C13H18NO3S-. The zero-order chi connectivity index (χ0) is 13.4. The molecule has 0 spiro atoms. The van der Waals surface area contributed by atoms with E-state index >= 15 is 0 Å². The molecule has 1 heterocycles. The topological polar surface area (TPSA) is 63.6 Å². The molecule has 1 aromatic carbocycles. The van der Waals surface area contributed by atoms with Crippen molar-refractivity contribution < 1.29 is 13.3 Å². The van der Waals surface area contributed by atoms with E-state index in [1.54, 1.807) is 0 Å². The van der Waals surface area contributed by atoms with E-state index in [4.69, 9.17) is 13.3 Å². The Bertz CT molecular complexity index is 390. The van der Waals surface area contributed by atoms with Gasteiger partial charge in [-0.05, 0) is 24.1 Å². The summed E-state index contributed by atoms with van der Waals surface area (Å²) in [5.41, 5.74) is 1.39. The van der Waals surface area contributed by atoms with Gasteiger partial charge in [0.2, 0.25) is 0 Å². The van der Waals surface area contributed by atoms with Crippen molar-refractivity contribution in [1.29, 1.82) is 0 Å². The molecule has 0 saturated heterocycles. The molecule has 4 nitrogen and oxygen atoms in total. The summed E-state index contributed by atoms with van der Waals surface area (Å²) in [5.74, 6) is 0.795. The minimum Gasteiger partial charge on any atom is -0.750 e. The third kappa shape index (κ3) is 6.54.